The van der Waals surface area contributed by atoms with E-state index in [1.54, 1.807) is 17.0 Å². The molecule has 25 heavy (non-hydrogen) atoms. The highest BCUT2D eigenvalue weighted by Gasteiger charge is 2.26. The van der Waals surface area contributed by atoms with Crippen LogP contribution in [0.1, 0.15) is 17.5 Å². The van der Waals surface area contributed by atoms with Crippen molar-refractivity contribution in [1.29, 1.82) is 0 Å². The van der Waals surface area contributed by atoms with Crippen LogP contribution in [-0.4, -0.2) is 29.1 Å². The highest BCUT2D eigenvalue weighted by molar-refractivity contribution is 5.83. The number of rotatable bonds is 6. The van der Waals surface area contributed by atoms with Crippen LogP contribution in [0.25, 0.3) is 5.70 Å². The summed E-state index contributed by atoms with van der Waals surface area (Å²) in [5, 5.41) is 10.8. The summed E-state index contributed by atoms with van der Waals surface area (Å²) in [5.41, 5.74) is 2.73. The van der Waals surface area contributed by atoms with E-state index in [0.29, 0.717) is 13.2 Å². The Morgan fingerprint density at radius 1 is 1.16 bits per heavy atom. The quantitative estimate of drug-likeness (QED) is 0.589. The van der Waals surface area contributed by atoms with E-state index in [4.69, 9.17) is 4.74 Å². The molecule has 3 rings (SSSR count). The second kappa shape index (κ2) is 7.61. The summed E-state index contributed by atoms with van der Waals surface area (Å²) in [6, 6.07) is 16.3. The van der Waals surface area contributed by atoms with Crippen LogP contribution in [0.5, 0.6) is 0 Å². The van der Waals surface area contributed by atoms with Crippen molar-refractivity contribution >= 4 is 17.5 Å². The first-order valence-electron chi connectivity index (χ1n) is 8.08. The van der Waals surface area contributed by atoms with Crippen LogP contribution in [0.4, 0.5) is 10.5 Å². The Hall–Kier alpha value is -3.15. The Labute approximate surface area is 145 Å². The van der Waals surface area contributed by atoms with E-state index in [-0.39, 0.29) is 11.8 Å². The third-order valence-electron chi connectivity index (χ3n) is 4.04. The molecule has 0 aromatic heterocycles. The van der Waals surface area contributed by atoms with Gasteiger partial charge in [-0.05, 0) is 36.1 Å². The fourth-order valence-electron chi connectivity index (χ4n) is 2.77. The number of aryl methyl sites for hydroxylation is 1. The van der Waals surface area contributed by atoms with Gasteiger partial charge >= 0.3 is 6.09 Å². The molecule has 0 radical (unpaired) electrons. The molecule has 1 saturated heterocycles. The number of non-ortho nitro benzene ring substituents is 1. The van der Waals surface area contributed by atoms with Gasteiger partial charge in [-0.15, -0.1) is 0 Å². The van der Waals surface area contributed by atoms with Gasteiger partial charge in [0.15, 0.2) is 0 Å². The lowest BCUT2D eigenvalue weighted by Crippen LogP contribution is -2.22. The largest absolute Gasteiger partial charge is 0.447 e. The van der Waals surface area contributed by atoms with Crippen LogP contribution >= 0.6 is 0 Å². The molecule has 1 aliphatic heterocycles. The molecule has 2 aromatic rings. The standard InChI is InChI=1S/C19H18N2O4/c22-19-20(13-14-25-19)18(8-4-7-15-5-2-1-3-6-15)16-9-11-17(12-10-16)21(23)24/h1-3,5-6,8-12H,4,7,13-14H2/b18-8-. The number of carbonyl (C=O) groups is 1. The summed E-state index contributed by atoms with van der Waals surface area (Å²) in [4.78, 5) is 23.9. The van der Waals surface area contributed by atoms with E-state index < -0.39 is 4.92 Å². The van der Waals surface area contributed by atoms with E-state index in [1.807, 2.05) is 24.3 Å². The van der Waals surface area contributed by atoms with Gasteiger partial charge in [-0.25, -0.2) is 4.79 Å². The molecule has 2 aromatic carbocycles. The maximum Gasteiger partial charge on any atom is 0.414 e. The van der Waals surface area contributed by atoms with Crippen LogP contribution in [0.2, 0.25) is 0 Å². The topological polar surface area (TPSA) is 72.7 Å². The van der Waals surface area contributed by atoms with Crippen molar-refractivity contribution in [3.8, 4) is 0 Å². The molecule has 0 atom stereocenters. The lowest BCUT2D eigenvalue weighted by Gasteiger charge is -2.17. The van der Waals surface area contributed by atoms with Crippen molar-refractivity contribution in [1.82, 2.24) is 4.90 Å². The number of nitro benzene ring substituents is 1. The fourth-order valence-corrected chi connectivity index (χ4v) is 2.77. The molecular weight excluding hydrogens is 320 g/mol. The fraction of sp³-hybridized carbons (Fsp3) is 0.211. The van der Waals surface area contributed by atoms with Gasteiger partial charge < -0.3 is 4.74 Å². The van der Waals surface area contributed by atoms with Gasteiger partial charge in [0.05, 0.1) is 17.2 Å². The molecule has 0 spiro atoms. The highest BCUT2D eigenvalue weighted by Crippen LogP contribution is 2.25. The zero-order chi connectivity index (χ0) is 17.6. The van der Waals surface area contributed by atoms with Crippen molar-refractivity contribution < 1.29 is 14.5 Å². The van der Waals surface area contributed by atoms with E-state index in [2.05, 4.69) is 12.1 Å². The summed E-state index contributed by atoms with van der Waals surface area (Å²) in [6.07, 6.45) is 3.20. The van der Waals surface area contributed by atoms with Crippen molar-refractivity contribution in [2.24, 2.45) is 0 Å². The van der Waals surface area contributed by atoms with Crippen molar-refractivity contribution in [2.75, 3.05) is 13.2 Å². The number of cyclic esters (lactones) is 1. The van der Waals surface area contributed by atoms with Gasteiger partial charge in [-0.3, -0.25) is 15.0 Å². The van der Waals surface area contributed by atoms with Crippen molar-refractivity contribution in [3.63, 3.8) is 0 Å². The van der Waals surface area contributed by atoms with Crippen LogP contribution in [-0.2, 0) is 11.2 Å². The van der Waals surface area contributed by atoms with Gasteiger partial charge in [-0.2, -0.15) is 0 Å². The third kappa shape index (κ3) is 4.03. The number of ether oxygens (including phenoxy) is 1. The molecule has 0 N–H and O–H groups in total. The molecule has 1 amide bonds. The van der Waals surface area contributed by atoms with Gasteiger partial charge in [0, 0.05) is 12.1 Å². The minimum absolute atomic E-state index is 0.0244. The van der Waals surface area contributed by atoms with E-state index in [0.717, 1.165) is 24.1 Å². The Morgan fingerprint density at radius 3 is 2.48 bits per heavy atom. The van der Waals surface area contributed by atoms with Gasteiger partial charge in [0.1, 0.15) is 6.61 Å². The number of nitro groups is 1. The summed E-state index contributed by atoms with van der Waals surface area (Å²) in [5.74, 6) is 0. The van der Waals surface area contributed by atoms with Crippen molar-refractivity contribution in [3.05, 3.63) is 81.9 Å². The number of nitrogens with zero attached hydrogens (tertiary/aromatic N) is 2. The second-order valence-electron chi connectivity index (χ2n) is 5.68. The molecule has 128 valence electrons. The molecule has 0 aliphatic carbocycles. The molecule has 0 bridgehead atoms. The summed E-state index contributed by atoms with van der Waals surface area (Å²) in [6.45, 7) is 0.828. The molecule has 0 unspecified atom stereocenters. The van der Waals surface area contributed by atoms with Crippen LogP contribution in [0.15, 0.2) is 60.7 Å². The Kier molecular flexibility index (Phi) is 5.09. The predicted molar refractivity (Wildman–Crippen MR) is 93.9 cm³/mol. The zero-order valence-electron chi connectivity index (χ0n) is 13.6. The van der Waals surface area contributed by atoms with E-state index in [9.17, 15) is 14.9 Å². The van der Waals surface area contributed by atoms with E-state index in [1.165, 1.54) is 17.7 Å². The number of allylic oxidation sites excluding steroid dienone is 1. The molecule has 0 saturated carbocycles. The summed E-state index contributed by atoms with van der Waals surface area (Å²) in [7, 11) is 0. The average Bonchev–Trinajstić information content (AvgIpc) is 3.05. The first kappa shape index (κ1) is 16.7. The second-order valence-corrected chi connectivity index (χ2v) is 5.68. The minimum Gasteiger partial charge on any atom is -0.447 e. The summed E-state index contributed by atoms with van der Waals surface area (Å²) >= 11 is 0. The maximum absolute atomic E-state index is 12.0. The van der Waals surface area contributed by atoms with Crippen molar-refractivity contribution in [2.45, 2.75) is 12.8 Å². The molecular formula is C19H18N2O4. The number of hydrogen-bond donors (Lipinski definition) is 0. The zero-order valence-corrected chi connectivity index (χ0v) is 13.6. The number of benzene rings is 2. The van der Waals surface area contributed by atoms with Gasteiger partial charge in [0.25, 0.3) is 5.69 Å². The minimum atomic E-state index is -0.438. The normalized spacial score (nSPS) is 14.5. The van der Waals surface area contributed by atoms with Crippen LogP contribution in [0.3, 0.4) is 0 Å². The molecule has 6 heteroatoms. The van der Waals surface area contributed by atoms with Gasteiger partial charge in [0.2, 0.25) is 0 Å². The maximum atomic E-state index is 12.0. The Bertz CT molecular complexity index is 785. The predicted octanol–water partition coefficient (Wildman–Crippen LogP) is 4.02. The molecule has 1 fully saturated rings. The third-order valence-corrected chi connectivity index (χ3v) is 4.04. The van der Waals surface area contributed by atoms with Crippen LogP contribution in [0, 0.1) is 10.1 Å². The molecule has 1 aliphatic rings. The van der Waals surface area contributed by atoms with Gasteiger partial charge in [-0.1, -0.05) is 36.4 Å². The lowest BCUT2D eigenvalue weighted by molar-refractivity contribution is -0.384. The van der Waals surface area contributed by atoms with Crippen LogP contribution < -0.4 is 0 Å². The monoisotopic (exact) mass is 338 g/mol. The molecule has 6 nitrogen and oxygen atoms in total. The smallest absolute Gasteiger partial charge is 0.414 e. The average molecular weight is 338 g/mol. The Balaban J connectivity index is 1.83. The summed E-state index contributed by atoms with van der Waals surface area (Å²) < 4.78 is 5.03. The number of amides is 1. The highest BCUT2D eigenvalue weighted by atomic mass is 16.6. The Morgan fingerprint density at radius 2 is 1.88 bits per heavy atom. The first-order chi connectivity index (χ1) is 12.1. The molecule has 1 heterocycles. The number of hydrogen-bond acceptors (Lipinski definition) is 4. The van der Waals surface area contributed by atoms with E-state index >= 15 is 0 Å². The number of carbonyl (C=O) groups excluding carboxylic acids is 1. The lowest BCUT2D eigenvalue weighted by atomic mass is 10.1. The SMILES string of the molecule is O=C1OCCN1/C(=C\CCc1ccccc1)c1ccc([N+](=O)[O-])cc1. The first-order valence-corrected chi connectivity index (χ1v) is 8.08.